The molecule has 1 saturated heterocycles. The molecule has 0 radical (unpaired) electrons. The number of likely N-dealkylation sites (N-methyl/N-ethyl adjacent to an activating group) is 1. The van der Waals surface area contributed by atoms with E-state index in [1.807, 2.05) is 24.3 Å². The molecule has 3 heterocycles. The Morgan fingerprint density at radius 1 is 1.25 bits per heavy atom. The third-order valence-electron chi connectivity index (χ3n) is 6.75. The van der Waals surface area contributed by atoms with Gasteiger partial charge in [0.2, 0.25) is 0 Å². The van der Waals surface area contributed by atoms with Crippen molar-refractivity contribution in [3.63, 3.8) is 0 Å². The second-order valence-electron chi connectivity index (χ2n) is 10.9. The number of anilines is 1. The Morgan fingerprint density at radius 2 is 2.00 bits per heavy atom. The minimum atomic E-state index is -1.16. The molecule has 3 aromatic rings. The fourth-order valence-electron chi connectivity index (χ4n) is 4.60. The Balaban J connectivity index is 1.75. The maximum Gasteiger partial charge on any atom is 0.253 e. The average molecular weight is 507 g/mol. The summed E-state index contributed by atoms with van der Waals surface area (Å²) in [7, 11) is 0.610. The van der Waals surface area contributed by atoms with Gasteiger partial charge in [0.05, 0.1) is 5.69 Å². The van der Waals surface area contributed by atoms with Crippen LogP contribution in [0.5, 0.6) is 0 Å². The minimum Gasteiger partial charge on any atom is -0.381 e. The monoisotopic (exact) mass is 506 g/mol. The lowest BCUT2D eigenvalue weighted by Crippen LogP contribution is -2.26. The van der Waals surface area contributed by atoms with E-state index in [-0.39, 0.29) is 5.91 Å². The number of amides is 1. The molecule has 36 heavy (non-hydrogen) atoms. The van der Waals surface area contributed by atoms with Gasteiger partial charge in [0, 0.05) is 63.3 Å². The largest absolute Gasteiger partial charge is 0.381 e. The smallest absolute Gasteiger partial charge is 0.253 e. The van der Waals surface area contributed by atoms with E-state index in [4.69, 9.17) is 19.4 Å². The molecular formula is C28H38N4O3Si. The number of fused-ring (bicyclic) bond motifs is 1. The van der Waals surface area contributed by atoms with E-state index >= 15 is 0 Å². The van der Waals surface area contributed by atoms with Crippen LogP contribution < -0.4 is 4.90 Å². The van der Waals surface area contributed by atoms with E-state index in [1.165, 1.54) is 5.56 Å². The van der Waals surface area contributed by atoms with Crippen LogP contribution in [0.2, 0.25) is 25.7 Å². The number of carbonyl (C=O) groups is 1. The van der Waals surface area contributed by atoms with Gasteiger partial charge in [-0.15, -0.1) is 0 Å². The fraction of sp³-hybridized carbons (Fsp3) is 0.464. The maximum atomic E-state index is 12.5. The second kappa shape index (κ2) is 11.1. The van der Waals surface area contributed by atoms with Crippen LogP contribution in [0.4, 0.5) is 5.69 Å². The number of nitrogens with zero attached hydrogens (tertiary/aromatic N) is 4. The minimum absolute atomic E-state index is 0.107. The van der Waals surface area contributed by atoms with Gasteiger partial charge in [-0.1, -0.05) is 38.4 Å². The standard InChI is InChI=1S/C28H38N4O3Si/c1-20(2)28(33)31(3)23-9-7-8-22(16-23)26-25-24(21-10-12-34-13-11-21)17-32(27(25)30-18-29-26)19-35-14-15-36(4,5)6/h7-9,16-18,21H,1,10-15,19H2,2-6H3. The zero-order valence-corrected chi connectivity index (χ0v) is 23.2. The van der Waals surface area contributed by atoms with Gasteiger partial charge in [-0.2, -0.15) is 0 Å². The molecule has 0 aliphatic carbocycles. The number of rotatable bonds is 9. The second-order valence-corrected chi connectivity index (χ2v) is 16.5. The predicted octanol–water partition coefficient (Wildman–Crippen LogP) is 5.84. The van der Waals surface area contributed by atoms with Crippen LogP contribution in [0.25, 0.3) is 22.3 Å². The molecule has 7 nitrogen and oxygen atoms in total. The van der Waals surface area contributed by atoms with Gasteiger partial charge in [0.25, 0.3) is 5.91 Å². The summed E-state index contributed by atoms with van der Waals surface area (Å²) in [5.74, 6) is 0.273. The summed E-state index contributed by atoms with van der Waals surface area (Å²) in [5.41, 5.74) is 5.25. The van der Waals surface area contributed by atoms with Crippen LogP contribution in [0.15, 0.2) is 48.9 Å². The number of aromatic nitrogens is 3. The van der Waals surface area contributed by atoms with E-state index in [1.54, 1.807) is 25.2 Å². The molecular weight excluding hydrogens is 468 g/mol. The van der Waals surface area contributed by atoms with E-state index < -0.39 is 8.07 Å². The predicted molar refractivity (Wildman–Crippen MR) is 148 cm³/mol. The highest BCUT2D eigenvalue weighted by Crippen LogP contribution is 2.38. The molecule has 0 unspecified atom stereocenters. The lowest BCUT2D eigenvalue weighted by molar-refractivity contribution is -0.114. The topological polar surface area (TPSA) is 69.5 Å². The number of hydrogen-bond donors (Lipinski definition) is 0. The quantitative estimate of drug-likeness (QED) is 0.207. The highest BCUT2D eigenvalue weighted by molar-refractivity contribution is 6.76. The zero-order chi connectivity index (χ0) is 25.9. The van der Waals surface area contributed by atoms with Gasteiger partial charge in [-0.25, -0.2) is 9.97 Å². The highest BCUT2D eigenvalue weighted by atomic mass is 28.3. The number of benzene rings is 1. The molecule has 1 aliphatic heterocycles. The van der Waals surface area contributed by atoms with E-state index in [2.05, 4.69) is 37.0 Å². The molecule has 8 heteroatoms. The Labute approximate surface area is 215 Å². The molecule has 1 aromatic carbocycles. The molecule has 1 amide bonds. The normalized spacial score (nSPS) is 14.8. The first-order chi connectivity index (χ1) is 17.2. The SMILES string of the molecule is C=C(C)C(=O)N(C)c1cccc(-c2ncnc3c2c(C2CCOCC2)cn3COCC[Si](C)(C)C)c1. The third kappa shape index (κ3) is 5.94. The Morgan fingerprint density at radius 3 is 2.69 bits per heavy atom. The summed E-state index contributed by atoms with van der Waals surface area (Å²) in [6, 6.07) is 9.08. The van der Waals surface area contributed by atoms with Crippen LogP contribution in [0.1, 0.15) is 31.2 Å². The molecule has 1 aliphatic rings. The van der Waals surface area contributed by atoms with Gasteiger partial charge in [-0.05, 0) is 49.4 Å². The van der Waals surface area contributed by atoms with Gasteiger partial charge >= 0.3 is 0 Å². The summed E-state index contributed by atoms with van der Waals surface area (Å²) < 4.78 is 13.9. The summed E-state index contributed by atoms with van der Waals surface area (Å²) >= 11 is 0. The van der Waals surface area contributed by atoms with Crippen molar-refractivity contribution < 1.29 is 14.3 Å². The third-order valence-corrected chi connectivity index (χ3v) is 8.45. The molecule has 4 rings (SSSR count). The first-order valence-electron chi connectivity index (χ1n) is 12.7. The van der Waals surface area contributed by atoms with Crippen LogP contribution in [-0.2, 0) is 21.0 Å². The van der Waals surface area contributed by atoms with Gasteiger partial charge in [-0.3, -0.25) is 4.79 Å². The lowest BCUT2D eigenvalue weighted by Gasteiger charge is -2.22. The Hall–Kier alpha value is -2.81. The maximum absolute atomic E-state index is 12.5. The van der Waals surface area contributed by atoms with Crippen molar-refractivity contribution in [1.29, 1.82) is 0 Å². The van der Waals surface area contributed by atoms with Gasteiger partial charge < -0.3 is 18.9 Å². The van der Waals surface area contributed by atoms with E-state index in [9.17, 15) is 4.79 Å². The lowest BCUT2D eigenvalue weighted by atomic mass is 9.90. The van der Waals surface area contributed by atoms with Crippen molar-refractivity contribution in [2.45, 2.75) is 58.1 Å². The molecule has 0 atom stereocenters. The molecule has 0 saturated carbocycles. The van der Waals surface area contributed by atoms with Crippen LogP contribution in [0, 0.1) is 0 Å². The molecule has 0 spiro atoms. The fourth-order valence-corrected chi connectivity index (χ4v) is 5.35. The summed E-state index contributed by atoms with van der Waals surface area (Å²) in [4.78, 5) is 23.6. The van der Waals surface area contributed by atoms with E-state index in [0.717, 1.165) is 66.7 Å². The van der Waals surface area contributed by atoms with Crippen LogP contribution in [0.3, 0.4) is 0 Å². The van der Waals surface area contributed by atoms with Crippen molar-refractivity contribution in [1.82, 2.24) is 14.5 Å². The van der Waals surface area contributed by atoms with Crippen molar-refractivity contribution in [3.8, 4) is 11.3 Å². The highest BCUT2D eigenvalue weighted by Gasteiger charge is 2.25. The zero-order valence-electron chi connectivity index (χ0n) is 22.2. The molecule has 0 bridgehead atoms. The van der Waals surface area contributed by atoms with Crippen molar-refractivity contribution in [3.05, 3.63) is 54.5 Å². The van der Waals surface area contributed by atoms with Crippen molar-refractivity contribution in [2.24, 2.45) is 0 Å². The number of ether oxygens (including phenoxy) is 2. The Bertz CT molecular complexity index is 1240. The summed E-state index contributed by atoms with van der Waals surface area (Å²) in [5, 5.41) is 1.06. The molecule has 1 fully saturated rings. The first kappa shape index (κ1) is 26.3. The average Bonchev–Trinajstić information content (AvgIpc) is 3.24. The summed E-state index contributed by atoms with van der Waals surface area (Å²) in [6.07, 6.45) is 5.77. The number of carbonyl (C=O) groups excluding carboxylic acids is 1. The van der Waals surface area contributed by atoms with Crippen molar-refractivity contribution in [2.75, 3.05) is 31.8 Å². The molecule has 2 aromatic heterocycles. The molecule has 192 valence electrons. The Kier molecular flexibility index (Phi) is 8.07. The summed E-state index contributed by atoms with van der Waals surface area (Å²) in [6.45, 7) is 15.4. The van der Waals surface area contributed by atoms with Crippen LogP contribution in [-0.4, -0.2) is 55.4 Å². The molecule has 0 N–H and O–H groups in total. The first-order valence-corrected chi connectivity index (χ1v) is 16.4. The number of hydrogen-bond acceptors (Lipinski definition) is 5. The van der Waals surface area contributed by atoms with Gasteiger partial charge in [0.15, 0.2) is 0 Å². The van der Waals surface area contributed by atoms with Crippen molar-refractivity contribution >= 4 is 30.7 Å². The van der Waals surface area contributed by atoms with E-state index in [0.29, 0.717) is 18.2 Å². The van der Waals surface area contributed by atoms with Crippen LogP contribution >= 0.6 is 0 Å². The van der Waals surface area contributed by atoms with Gasteiger partial charge in [0.1, 0.15) is 18.7 Å².